The van der Waals surface area contributed by atoms with Crippen molar-refractivity contribution in [3.8, 4) is 11.5 Å². The zero-order chi connectivity index (χ0) is 28.3. The van der Waals surface area contributed by atoms with Crippen LogP contribution in [-0.4, -0.2) is 26.9 Å². The minimum absolute atomic E-state index is 0.0107. The smallest absolute Gasteiger partial charge is 0.234 e. The standard InChI is InChI=1S/C34H32O5/c1-20(2)27-26(35)19-24(17-15-22-11-7-5-8-12-22)29(32(27)37)30-25(18-16-23-13-9-6-10-14-23)31(36)34(39)28(21(3)4)33(30)38/h5-21,35,37-38H,1-4H3. The Balaban J connectivity index is 2.09. The van der Waals surface area contributed by atoms with Gasteiger partial charge in [-0.05, 0) is 40.7 Å². The molecule has 0 heterocycles. The van der Waals surface area contributed by atoms with Crippen LogP contribution >= 0.6 is 0 Å². The number of carbonyl (C=O) groups is 2. The molecule has 0 aliphatic heterocycles. The first kappa shape index (κ1) is 27.4. The highest BCUT2D eigenvalue weighted by Gasteiger charge is 2.38. The lowest BCUT2D eigenvalue weighted by Gasteiger charge is -2.25. The summed E-state index contributed by atoms with van der Waals surface area (Å²) in [5.74, 6) is -2.97. The molecule has 3 aromatic rings. The molecule has 0 radical (unpaired) electrons. The summed E-state index contributed by atoms with van der Waals surface area (Å²) in [6, 6.07) is 20.3. The highest BCUT2D eigenvalue weighted by atomic mass is 16.3. The number of rotatable bonds is 7. The maximum absolute atomic E-state index is 13.5. The van der Waals surface area contributed by atoms with E-state index in [4.69, 9.17) is 0 Å². The van der Waals surface area contributed by atoms with Crippen LogP contribution in [0.1, 0.15) is 61.4 Å². The number of ketones is 2. The molecule has 1 aliphatic rings. The zero-order valence-corrected chi connectivity index (χ0v) is 22.5. The van der Waals surface area contributed by atoms with Crippen LogP contribution in [0.2, 0.25) is 0 Å². The minimum atomic E-state index is -0.775. The van der Waals surface area contributed by atoms with Crippen LogP contribution in [0, 0.1) is 5.92 Å². The van der Waals surface area contributed by atoms with Gasteiger partial charge in [-0.2, -0.15) is 0 Å². The van der Waals surface area contributed by atoms with Gasteiger partial charge in [-0.3, -0.25) is 9.59 Å². The van der Waals surface area contributed by atoms with E-state index in [0.29, 0.717) is 5.56 Å². The molecule has 1 aliphatic carbocycles. The van der Waals surface area contributed by atoms with Gasteiger partial charge in [-0.25, -0.2) is 0 Å². The van der Waals surface area contributed by atoms with E-state index in [0.717, 1.165) is 11.1 Å². The predicted molar refractivity (Wildman–Crippen MR) is 156 cm³/mol. The third-order valence-electron chi connectivity index (χ3n) is 6.71. The van der Waals surface area contributed by atoms with Gasteiger partial charge in [0.2, 0.25) is 11.6 Å². The first-order valence-electron chi connectivity index (χ1n) is 12.9. The first-order chi connectivity index (χ1) is 18.6. The molecule has 5 heteroatoms. The number of carbonyl (C=O) groups excluding carboxylic acids is 2. The fourth-order valence-corrected chi connectivity index (χ4v) is 4.82. The van der Waals surface area contributed by atoms with E-state index in [-0.39, 0.29) is 51.0 Å². The van der Waals surface area contributed by atoms with Gasteiger partial charge in [-0.1, -0.05) is 107 Å². The molecule has 198 valence electrons. The Bertz CT molecular complexity index is 1540. The molecule has 3 N–H and O–H groups in total. The van der Waals surface area contributed by atoms with Crippen molar-refractivity contribution >= 4 is 35.4 Å². The number of benzene rings is 3. The van der Waals surface area contributed by atoms with E-state index in [1.54, 1.807) is 26.0 Å². The van der Waals surface area contributed by atoms with Crippen LogP contribution in [0.5, 0.6) is 11.5 Å². The molecule has 0 spiro atoms. The normalized spacial score (nSPS) is 14.6. The summed E-state index contributed by atoms with van der Waals surface area (Å²) in [7, 11) is 0. The summed E-state index contributed by atoms with van der Waals surface area (Å²) in [5.41, 5.74) is 2.53. The van der Waals surface area contributed by atoms with Crippen LogP contribution in [0.4, 0.5) is 0 Å². The van der Waals surface area contributed by atoms with Gasteiger partial charge in [0, 0.05) is 27.8 Å². The van der Waals surface area contributed by atoms with Crippen molar-refractivity contribution in [2.45, 2.75) is 33.6 Å². The molecule has 0 atom stereocenters. The average Bonchev–Trinajstić information content (AvgIpc) is 2.90. The van der Waals surface area contributed by atoms with Crippen molar-refractivity contribution in [1.82, 2.24) is 0 Å². The number of hydrogen-bond donors (Lipinski definition) is 3. The SMILES string of the molecule is CC(C)C1=C(O)C(c2c(C=Cc3ccccc3)cc(O)c(C(C)C)c2O)=C(C=Cc2ccccc2)C(=O)C1=O. The second-order valence-electron chi connectivity index (χ2n) is 10.1. The average molecular weight is 521 g/mol. The molecular weight excluding hydrogens is 488 g/mol. The largest absolute Gasteiger partial charge is 0.507 e. The van der Waals surface area contributed by atoms with Gasteiger partial charge >= 0.3 is 0 Å². The van der Waals surface area contributed by atoms with Crippen LogP contribution < -0.4 is 0 Å². The van der Waals surface area contributed by atoms with E-state index < -0.39 is 17.5 Å². The Labute approximate surface area is 228 Å². The lowest BCUT2D eigenvalue weighted by Crippen LogP contribution is -2.28. The molecule has 0 aromatic heterocycles. The summed E-state index contributed by atoms with van der Waals surface area (Å²) < 4.78 is 0. The second-order valence-corrected chi connectivity index (χ2v) is 10.1. The van der Waals surface area contributed by atoms with Crippen LogP contribution in [-0.2, 0) is 9.59 Å². The number of allylic oxidation sites excluding steroid dienone is 4. The molecule has 4 rings (SSSR count). The molecule has 3 aromatic carbocycles. The second kappa shape index (κ2) is 11.4. The maximum Gasteiger partial charge on any atom is 0.234 e. The molecule has 0 saturated heterocycles. The van der Waals surface area contributed by atoms with E-state index >= 15 is 0 Å². The maximum atomic E-state index is 13.5. The number of aromatic hydroxyl groups is 2. The summed E-state index contributed by atoms with van der Waals surface area (Å²) in [6.07, 6.45) is 6.72. The predicted octanol–water partition coefficient (Wildman–Crippen LogP) is 7.48. The van der Waals surface area contributed by atoms with Crippen LogP contribution in [0.15, 0.2) is 89.7 Å². The van der Waals surface area contributed by atoms with Gasteiger partial charge in [0.1, 0.15) is 17.3 Å². The number of aliphatic hydroxyl groups is 1. The van der Waals surface area contributed by atoms with Crippen molar-refractivity contribution in [2.24, 2.45) is 5.92 Å². The van der Waals surface area contributed by atoms with Crippen LogP contribution in [0.25, 0.3) is 23.8 Å². The molecule has 39 heavy (non-hydrogen) atoms. The number of phenolic OH excluding ortho intramolecular Hbond substituents is 2. The Morgan fingerprint density at radius 3 is 1.72 bits per heavy atom. The number of hydrogen-bond acceptors (Lipinski definition) is 5. The molecule has 0 fully saturated rings. The Morgan fingerprint density at radius 1 is 0.667 bits per heavy atom. The Morgan fingerprint density at radius 2 is 1.21 bits per heavy atom. The van der Waals surface area contributed by atoms with E-state index in [1.165, 1.54) is 12.1 Å². The zero-order valence-electron chi connectivity index (χ0n) is 22.5. The van der Waals surface area contributed by atoms with E-state index in [2.05, 4.69) is 0 Å². The summed E-state index contributed by atoms with van der Waals surface area (Å²) in [4.78, 5) is 26.7. The summed E-state index contributed by atoms with van der Waals surface area (Å²) in [5, 5.41) is 34.0. The molecular formula is C34H32O5. The van der Waals surface area contributed by atoms with Gasteiger partial charge in [0.15, 0.2) is 0 Å². The quantitative estimate of drug-likeness (QED) is 0.171. The fourth-order valence-electron chi connectivity index (χ4n) is 4.82. The Kier molecular flexibility index (Phi) is 8.01. The van der Waals surface area contributed by atoms with Crippen molar-refractivity contribution < 1.29 is 24.9 Å². The van der Waals surface area contributed by atoms with Crippen molar-refractivity contribution in [3.63, 3.8) is 0 Å². The summed E-state index contributed by atoms with van der Waals surface area (Å²) >= 11 is 0. The highest BCUT2D eigenvalue weighted by Crippen LogP contribution is 2.47. The molecule has 0 saturated carbocycles. The van der Waals surface area contributed by atoms with Gasteiger partial charge in [0.25, 0.3) is 0 Å². The van der Waals surface area contributed by atoms with Crippen molar-refractivity contribution in [1.29, 1.82) is 0 Å². The van der Waals surface area contributed by atoms with Gasteiger partial charge < -0.3 is 15.3 Å². The summed E-state index contributed by atoms with van der Waals surface area (Å²) in [6.45, 7) is 7.11. The van der Waals surface area contributed by atoms with Gasteiger partial charge in [0.05, 0.1) is 0 Å². The number of phenols is 2. The fraction of sp³-hybridized carbons (Fsp3) is 0.176. The number of Topliss-reactive ketones (excluding diaryl/α,β-unsaturated/α-hetero) is 2. The molecule has 5 nitrogen and oxygen atoms in total. The van der Waals surface area contributed by atoms with Crippen LogP contribution in [0.3, 0.4) is 0 Å². The molecule has 0 unspecified atom stereocenters. The highest BCUT2D eigenvalue weighted by molar-refractivity contribution is 6.53. The molecule has 0 amide bonds. The van der Waals surface area contributed by atoms with Crippen molar-refractivity contribution in [3.05, 3.63) is 118 Å². The lowest BCUT2D eigenvalue weighted by atomic mass is 9.78. The minimum Gasteiger partial charge on any atom is -0.507 e. The first-order valence-corrected chi connectivity index (χ1v) is 12.9. The Hall–Kier alpha value is -4.64. The third kappa shape index (κ3) is 5.48. The van der Waals surface area contributed by atoms with E-state index in [1.807, 2.05) is 80.6 Å². The lowest BCUT2D eigenvalue weighted by molar-refractivity contribution is -0.132. The van der Waals surface area contributed by atoms with Crippen molar-refractivity contribution in [2.75, 3.05) is 0 Å². The third-order valence-corrected chi connectivity index (χ3v) is 6.71. The van der Waals surface area contributed by atoms with E-state index in [9.17, 15) is 24.9 Å². The van der Waals surface area contributed by atoms with Gasteiger partial charge in [-0.15, -0.1) is 0 Å². The molecule has 0 bridgehead atoms. The monoisotopic (exact) mass is 520 g/mol. The number of aliphatic hydroxyl groups excluding tert-OH is 1. The topological polar surface area (TPSA) is 94.8 Å².